The lowest BCUT2D eigenvalue weighted by Gasteiger charge is -2.25. The highest BCUT2D eigenvalue weighted by Gasteiger charge is 2.32. The van der Waals surface area contributed by atoms with Crippen LogP contribution in [0.1, 0.15) is 18.4 Å². The van der Waals surface area contributed by atoms with Crippen molar-refractivity contribution >= 4 is 21.6 Å². The van der Waals surface area contributed by atoms with Crippen molar-refractivity contribution in [1.82, 2.24) is 4.90 Å². The molecule has 0 saturated carbocycles. The maximum Gasteiger partial charge on any atom is 0.0471 e. The SMILES string of the molecule is Cc1cc(N2CCC(N3CCC(CO)C3)C2)ccc1Br. The first-order valence-corrected chi connectivity index (χ1v) is 8.32. The zero-order valence-electron chi connectivity index (χ0n) is 12.1. The zero-order valence-corrected chi connectivity index (χ0v) is 13.6. The van der Waals surface area contributed by atoms with Gasteiger partial charge in [-0.1, -0.05) is 15.9 Å². The van der Waals surface area contributed by atoms with E-state index in [4.69, 9.17) is 0 Å². The van der Waals surface area contributed by atoms with Crippen LogP contribution in [0.4, 0.5) is 5.69 Å². The Morgan fingerprint density at radius 2 is 2.10 bits per heavy atom. The smallest absolute Gasteiger partial charge is 0.0471 e. The second-order valence-corrected chi connectivity index (χ2v) is 7.01. The van der Waals surface area contributed by atoms with Crippen LogP contribution in [0, 0.1) is 12.8 Å². The predicted octanol–water partition coefficient (Wildman–Crippen LogP) is 2.65. The minimum absolute atomic E-state index is 0.346. The molecule has 0 radical (unpaired) electrons. The number of likely N-dealkylation sites (tertiary alicyclic amines) is 1. The average molecular weight is 339 g/mol. The van der Waals surface area contributed by atoms with Crippen LogP contribution in [0.15, 0.2) is 22.7 Å². The van der Waals surface area contributed by atoms with Gasteiger partial charge in [0.15, 0.2) is 0 Å². The minimum Gasteiger partial charge on any atom is -0.396 e. The van der Waals surface area contributed by atoms with E-state index < -0.39 is 0 Å². The van der Waals surface area contributed by atoms with Crippen LogP contribution < -0.4 is 4.90 Å². The van der Waals surface area contributed by atoms with Gasteiger partial charge in [-0.05, 0) is 56.0 Å². The van der Waals surface area contributed by atoms with Crippen molar-refractivity contribution in [2.24, 2.45) is 5.92 Å². The summed E-state index contributed by atoms with van der Waals surface area (Å²) in [6.45, 7) is 7.00. The first kappa shape index (κ1) is 14.4. The topological polar surface area (TPSA) is 26.7 Å². The molecule has 2 aliphatic rings. The molecule has 110 valence electrons. The summed E-state index contributed by atoms with van der Waals surface area (Å²) in [6.07, 6.45) is 2.40. The summed E-state index contributed by atoms with van der Waals surface area (Å²) in [7, 11) is 0. The molecule has 20 heavy (non-hydrogen) atoms. The third kappa shape index (κ3) is 2.87. The van der Waals surface area contributed by atoms with Gasteiger partial charge >= 0.3 is 0 Å². The number of rotatable bonds is 3. The van der Waals surface area contributed by atoms with E-state index in [0.717, 1.165) is 32.6 Å². The fourth-order valence-corrected chi connectivity index (χ4v) is 3.69. The van der Waals surface area contributed by atoms with Gasteiger partial charge in [-0.25, -0.2) is 0 Å². The fourth-order valence-electron chi connectivity index (χ4n) is 3.44. The Morgan fingerprint density at radius 1 is 1.25 bits per heavy atom. The molecule has 3 rings (SSSR count). The molecule has 2 heterocycles. The summed E-state index contributed by atoms with van der Waals surface area (Å²) in [6, 6.07) is 7.29. The van der Waals surface area contributed by atoms with E-state index in [1.807, 2.05) is 0 Å². The quantitative estimate of drug-likeness (QED) is 0.917. The highest BCUT2D eigenvalue weighted by molar-refractivity contribution is 9.10. The molecule has 1 aromatic rings. The van der Waals surface area contributed by atoms with E-state index >= 15 is 0 Å². The van der Waals surface area contributed by atoms with Gasteiger partial charge in [-0.15, -0.1) is 0 Å². The number of aryl methyl sites for hydroxylation is 1. The Bertz CT molecular complexity index is 480. The van der Waals surface area contributed by atoms with E-state index in [9.17, 15) is 5.11 Å². The minimum atomic E-state index is 0.346. The standard InChI is InChI=1S/C16H23BrN2O/c1-12-8-14(2-3-16(12)17)19-7-5-15(10-19)18-6-4-13(9-18)11-20/h2-3,8,13,15,20H,4-7,9-11H2,1H3. The second-order valence-electron chi connectivity index (χ2n) is 6.15. The van der Waals surface area contributed by atoms with Crippen molar-refractivity contribution in [2.45, 2.75) is 25.8 Å². The maximum absolute atomic E-state index is 9.27. The van der Waals surface area contributed by atoms with Crippen LogP contribution in [0.25, 0.3) is 0 Å². The molecule has 3 nitrogen and oxygen atoms in total. The Morgan fingerprint density at radius 3 is 2.80 bits per heavy atom. The number of halogens is 1. The summed E-state index contributed by atoms with van der Waals surface area (Å²) < 4.78 is 1.18. The van der Waals surface area contributed by atoms with Crippen LogP contribution >= 0.6 is 15.9 Å². The molecular weight excluding hydrogens is 316 g/mol. The van der Waals surface area contributed by atoms with Gasteiger partial charge < -0.3 is 10.0 Å². The molecule has 0 bridgehead atoms. The van der Waals surface area contributed by atoms with Gasteiger partial charge in [0.25, 0.3) is 0 Å². The fraction of sp³-hybridized carbons (Fsp3) is 0.625. The van der Waals surface area contributed by atoms with Gasteiger partial charge in [0.1, 0.15) is 0 Å². The van der Waals surface area contributed by atoms with E-state index in [-0.39, 0.29) is 0 Å². The number of nitrogens with zero attached hydrogens (tertiary/aromatic N) is 2. The normalized spacial score (nSPS) is 27.4. The van der Waals surface area contributed by atoms with Crippen molar-refractivity contribution in [1.29, 1.82) is 0 Å². The van der Waals surface area contributed by atoms with Gasteiger partial charge in [-0.2, -0.15) is 0 Å². The first-order valence-electron chi connectivity index (χ1n) is 7.53. The molecule has 2 saturated heterocycles. The van der Waals surface area contributed by atoms with Crippen molar-refractivity contribution in [2.75, 3.05) is 37.7 Å². The number of anilines is 1. The van der Waals surface area contributed by atoms with Crippen LogP contribution in [-0.2, 0) is 0 Å². The number of hydrogen-bond acceptors (Lipinski definition) is 3. The van der Waals surface area contributed by atoms with Gasteiger partial charge in [0.05, 0.1) is 0 Å². The van der Waals surface area contributed by atoms with Crippen molar-refractivity contribution in [3.63, 3.8) is 0 Å². The molecular formula is C16H23BrN2O. The number of aliphatic hydroxyl groups is 1. The van der Waals surface area contributed by atoms with Crippen LogP contribution in [0.2, 0.25) is 0 Å². The lowest BCUT2D eigenvalue weighted by atomic mass is 10.1. The maximum atomic E-state index is 9.27. The molecule has 2 atom stereocenters. The molecule has 0 aromatic heterocycles. The van der Waals surface area contributed by atoms with E-state index in [2.05, 4.69) is 50.9 Å². The largest absolute Gasteiger partial charge is 0.396 e. The second kappa shape index (κ2) is 6.04. The van der Waals surface area contributed by atoms with Crippen molar-refractivity contribution in [3.05, 3.63) is 28.2 Å². The summed E-state index contributed by atoms with van der Waals surface area (Å²) >= 11 is 3.57. The number of aliphatic hydroxyl groups excluding tert-OH is 1. The summed E-state index contributed by atoms with van der Waals surface area (Å²) in [5.41, 5.74) is 2.64. The lowest BCUT2D eigenvalue weighted by molar-refractivity contribution is 0.204. The molecule has 1 aromatic carbocycles. The molecule has 1 N–H and O–H groups in total. The van der Waals surface area contributed by atoms with E-state index in [1.54, 1.807) is 0 Å². The average Bonchev–Trinajstić information content (AvgIpc) is 3.09. The third-order valence-corrected chi connectivity index (χ3v) is 5.65. The highest BCUT2D eigenvalue weighted by atomic mass is 79.9. The lowest BCUT2D eigenvalue weighted by Crippen LogP contribution is -2.36. The number of benzene rings is 1. The molecule has 0 aliphatic carbocycles. The van der Waals surface area contributed by atoms with Crippen LogP contribution in [-0.4, -0.2) is 48.8 Å². The zero-order chi connectivity index (χ0) is 14.1. The van der Waals surface area contributed by atoms with Gasteiger partial charge in [0, 0.05) is 42.4 Å². The Hall–Kier alpha value is -0.580. The first-order chi connectivity index (χ1) is 9.67. The Kier molecular flexibility index (Phi) is 4.34. The molecule has 2 aliphatic heterocycles. The van der Waals surface area contributed by atoms with Gasteiger partial charge in [0.2, 0.25) is 0 Å². The summed E-state index contributed by atoms with van der Waals surface area (Å²) in [5, 5.41) is 9.27. The molecule has 4 heteroatoms. The molecule has 0 spiro atoms. The third-order valence-electron chi connectivity index (χ3n) is 4.76. The number of hydrogen-bond donors (Lipinski definition) is 1. The van der Waals surface area contributed by atoms with Crippen LogP contribution in [0.5, 0.6) is 0 Å². The van der Waals surface area contributed by atoms with E-state index in [1.165, 1.54) is 22.1 Å². The Balaban J connectivity index is 1.63. The predicted molar refractivity (Wildman–Crippen MR) is 86.3 cm³/mol. The van der Waals surface area contributed by atoms with Crippen molar-refractivity contribution in [3.8, 4) is 0 Å². The van der Waals surface area contributed by atoms with Crippen molar-refractivity contribution < 1.29 is 5.11 Å². The van der Waals surface area contributed by atoms with Crippen LogP contribution in [0.3, 0.4) is 0 Å². The summed E-state index contributed by atoms with van der Waals surface area (Å²) in [5.74, 6) is 0.499. The monoisotopic (exact) mass is 338 g/mol. The molecule has 2 fully saturated rings. The Labute approximate surface area is 129 Å². The highest BCUT2D eigenvalue weighted by Crippen LogP contribution is 2.29. The molecule has 2 unspecified atom stereocenters. The molecule has 0 amide bonds. The van der Waals surface area contributed by atoms with E-state index in [0.29, 0.717) is 18.6 Å². The summed E-state index contributed by atoms with van der Waals surface area (Å²) in [4.78, 5) is 5.07. The van der Waals surface area contributed by atoms with Gasteiger partial charge in [-0.3, -0.25) is 4.90 Å².